The van der Waals surface area contributed by atoms with Crippen LogP contribution in [0.4, 0.5) is 5.13 Å². The Kier molecular flexibility index (Phi) is 7.00. The summed E-state index contributed by atoms with van der Waals surface area (Å²) in [5, 5.41) is 1.30. The second-order valence-corrected chi connectivity index (χ2v) is 8.87. The van der Waals surface area contributed by atoms with E-state index >= 15 is 0 Å². The van der Waals surface area contributed by atoms with Gasteiger partial charge in [0, 0.05) is 36.8 Å². The van der Waals surface area contributed by atoms with E-state index < -0.39 is 0 Å². The van der Waals surface area contributed by atoms with E-state index in [1.165, 1.54) is 5.56 Å². The van der Waals surface area contributed by atoms with E-state index in [9.17, 15) is 4.79 Å². The molecule has 1 amide bonds. The van der Waals surface area contributed by atoms with Crippen molar-refractivity contribution in [1.29, 1.82) is 0 Å². The number of aromatic nitrogens is 1. The number of carbonyl (C=O) groups excluding carboxylic acids is 1. The first-order chi connectivity index (χ1) is 14.6. The normalized spacial score (nSPS) is 14.9. The van der Waals surface area contributed by atoms with Gasteiger partial charge in [0.2, 0.25) is 0 Å². The van der Waals surface area contributed by atoms with Crippen molar-refractivity contribution in [3.8, 4) is 0 Å². The fraction of sp³-hybridized carbons (Fsp3) is 0.391. The highest BCUT2D eigenvalue weighted by molar-refractivity contribution is 7.22. The number of fused-ring (bicyclic) bond motifs is 1. The average molecular weight is 444 g/mol. The van der Waals surface area contributed by atoms with Crippen LogP contribution in [-0.2, 0) is 11.2 Å². The summed E-state index contributed by atoms with van der Waals surface area (Å²) in [5.41, 5.74) is 2.80. The second-order valence-electron chi connectivity index (χ2n) is 7.43. The molecule has 0 unspecified atom stereocenters. The molecule has 5 nitrogen and oxygen atoms in total. The van der Waals surface area contributed by atoms with E-state index in [1.807, 2.05) is 23.1 Å². The van der Waals surface area contributed by atoms with Crippen molar-refractivity contribution in [3.63, 3.8) is 0 Å². The summed E-state index contributed by atoms with van der Waals surface area (Å²) in [5.74, 6) is -0.0609. The monoisotopic (exact) mass is 443 g/mol. The number of ether oxygens (including phenoxy) is 1. The van der Waals surface area contributed by atoms with Crippen molar-refractivity contribution >= 4 is 44.2 Å². The molecule has 1 aromatic heterocycles. The van der Waals surface area contributed by atoms with Crippen LogP contribution >= 0.6 is 22.9 Å². The first kappa shape index (κ1) is 21.2. The van der Waals surface area contributed by atoms with Crippen molar-refractivity contribution < 1.29 is 9.53 Å². The van der Waals surface area contributed by atoms with Gasteiger partial charge in [0.1, 0.15) is 0 Å². The van der Waals surface area contributed by atoms with Crippen LogP contribution in [0.2, 0.25) is 5.02 Å². The third-order valence-corrected chi connectivity index (χ3v) is 6.63. The van der Waals surface area contributed by atoms with E-state index in [4.69, 9.17) is 21.3 Å². The number of halogens is 1. The zero-order valence-corrected chi connectivity index (χ0v) is 18.7. The Hall–Kier alpha value is -1.99. The van der Waals surface area contributed by atoms with Crippen molar-refractivity contribution in [2.45, 2.75) is 19.8 Å². The standard InChI is InChI=1S/C23H26ClN3O2S/c1-2-17-7-8-20-21(15-17)30-23(25-20)27(10-4-9-26-11-13-29-14-12-26)22(28)18-5-3-6-19(24)16-18/h3,5-8,15-16H,2,4,9-14H2,1H3. The van der Waals surface area contributed by atoms with Crippen LogP contribution in [0.25, 0.3) is 10.2 Å². The third-order valence-electron chi connectivity index (χ3n) is 5.36. The van der Waals surface area contributed by atoms with Crippen molar-refractivity contribution in [1.82, 2.24) is 9.88 Å². The van der Waals surface area contributed by atoms with Gasteiger partial charge in [-0.3, -0.25) is 14.6 Å². The van der Waals surface area contributed by atoms with Gasteiger partial charge in [0.15, 0.2) is 5.13 Å². The predicted octanol–water partition coefficient (Wildman–Crippen LogP) is 4.88. The van der Waals surface area contributed by atoms with Crippen LogP contribution in [0.1, 0.15) is 29.3 Å². The smallest absolute Gasteiger partial charge is 0.260 e. The van der Waals surface area contributed by atoms with Crippen LogP contribution in [0.5, 0.6) is 0 Å². The van der Waals surface area contributed by atoms with Crippen LogP contribution < -0.4 is 4.90 Å². The lowest BCUT2D eigenvalue weighted by atomic mass is 10.2. The lowest BCUT2D eigenvalue weighted by Crippen LogP contribution is -2.39. The lowest BCUT2D eigenvalue weighted by Gasteiger charge is -2.27. The summed E-state index contributed by atoms with van der Waals surface area (Å²) < 4.78 is 6.54. The molecule has 2 heterocycles. The number of amides is 1. The highest BCUT2D eigenvalue weighted by Crippen LogP contribution is 2.31. The van der Waals surface area contributed by atoms with Crippen molar-refractivity contribution in [2.75, 3.05) is 44.3 Å². The summed E-state index contributed by atoms with van der Waals surface area (Å²) in [6.45, 7) is 7.15. The minimum atomic E-state index is -0.0609. The molecule has 0 aliphatic carbocycles. The highest BCUT2D eigenvalue weighted by atomic mass is 35.5. The molecule has 30 heavy (non-hydrogen) atoms. The van der Waals surface area contributed by atoms with Gasteiger partial charge in [0.25, 0.3) is 5.91 Å². The molecule has 0 spiro atoms. The van der Waals surface area contributed by atoms with Crippen LogP contribution in [0.3, 0.4) is 0 Å². The van der Waals surface area contributed by atoms with Crippen LogP contribution in [0.15, 0.2) is 42.5 Å². The summed E-state index contributed by atoms with van der Waals surface area (Å²) in [7, 11) is 0. The summed E-state index contributed by atoms with van der Waals surface area (Å²) in [6.07, 6.45) is 1.86. The SMILES string of the molecule is CCc1ccc2nc(N(CCCN3CCOCC3)C(=O)c3cccc(Cl)c3)sc2c1. The van der Waals surface area contributed by atoms with Crippen molar-refractivity contribution in [2.24, 2.45) is 0 Å². The number of nitrogens with zero attached hydrogens (tertiary/aromatic N) is 3. The van der Waals surface area contributed by atoms with Gasteiger partial charge in [-0.15, -0.1) is 0 Å². The van der Waals surface area contributed by atoms with Gasteiger partial charge in [-0.05, 0) is 48.7 Å². The van der Waals surface area contributed by atoms with Crippen molar-refractivity contribution in [3.05, 3.63) is 58.6 Å². The van der Waals surface area contributed by atoms with E-state index in [0.717, 1.165) is 61.0 Å². The van der Waals surface area contributed by atoms with Gasteiger partial charge in [-0.1, -0.05) is 42.0 Å². The lowest BCUT2D eigenvalue weighted by molar-refractivity contribution is 0.0376. The maximum Gasteiger partial charge on any atom is 0.260 e. The first-order valence-electron chi connectivity index (χ1n) is 10.4. The van der Waals surface area contributed by atoms with E-state index in [1.54, 1.807) is 23.5 Å². The zero-order chi connectivity index (χ0) is 20.9. The number of hydrogen-bond acceptors (Lipinski definition) is 5. The molecule has 4 rings (SSSR count). The number of benzene rings is 2. The Morgan fingerprint density at radius 1 is 1.23 bits per heavy atom. The quantitative estimate of drug-likeness (QED) is 0.522. The summed E-state index contributed by atoms with van der Waals surface area (Å²) >= 11 is 7.72. The molecule has 2 aromatic carbocycles. The molecule has 0 saturated carbocycles. The average Bonchev–Trinajstić information content (AvgIpc) is 3.20. The maximum atomic E-state index is 13.4. The Morgan fingerprint density at radius 3 is 2.83 bits per heavy atom. The topological polar surface area (TPSA) is 45.7 Å². The van der Waals surface area contributed by atoms with E-state index in [2.05, 4.69) is 24.0 Å². The van der Waals surface area contributed by atoms with Crippen LogP contribution in [0, 0.1) is 0 Å². The fourth-order valence-electron chi connectivity index (χ4n) is 3.63. The molecule has 1 aliphatic rings. The number of carbonyl (C=O) groups is 1. The Morgan fingerprint density at radius 2 is 2.07 bits per heavy atom. The molecular weight excluding hydrogens is 418 g/mol. The molecule has 1 aliphatic heterocycles. The summed E-state index contributed by atoms with van der Waals surface area (Å²) in [4.78, 5) is 22.4. The number of aryl methyl sites for hydroxylation is 1. The summed E-state index contributed by atoms with van der Waals surface area (Å²) in [6, 6.07) is 13.5. The molecule has 1 fully saturated rings. The zero-order valence-electron chi connectivity index (χ0n) is 17.1. The number of thiazole rings is 1. The van der Waals surface area contributed by atoms with Gasteiger partial charge in [-0.25, -0.2) is 4.98 Å². The molecule has 158 valence electrons. The molecule has 3 aromatic rings. The number of morpholine rings is 1. The molecule has 0 atom stereocenters. The van der Waals surface area contributed by atoms with Gasteiger partial charge in [0.05, 0.1) is 23.4 Å². The fourth-order valence-corrected chi connectivity index (χ4v) is 4.87. The first-order valence-corrected chi connectivity index (χ1v) is 11.6. The Labute approximate surface area is 186 Å². The largest absolute Gasteiger partial charge is 0.379 e. The number of hydrogen-bond donors (Lipinski definition) is 0. The molecule has 0 N–H and O–H groups in total. The maximum absolute atomic E-state index is 13.4. The molecule has 7 heteroatoms. The van der Waals surface area contributed by atoms with Gasteiger partial charge >= 0.3 is 0 Å². The van der Waals surface area contributed by atoms with Gasteiger partial charge < -0.3 is 4.74 Å². The van der Waals surface area contributed by atoms with E-state index in [0.29, 0.717) is 17.1 Å². The molecule has 0 radical (unpaired) electrons. The second kappa shape index (κ2) is 9.88. The number of anilines is 1. The van der Waals surface area contributed by atoms with Gasteiger partial charge in [-0.2, -0.15) is 0 Å². The Bertz CT molecular complexity index is 1020. The van der Waals surface area contributed by atoms with Crippen LogP contribution in [-0.4, -0.2) is 55.2 Å². The minimum absolute atomic E-state index is 0.0609. The highest BCUT2D eigenvalue weighted by Gasteiger charge is 2.22. The molecular formula is C23H26ClN3O2S. The molecule has 1 saturated heterocycles. The van der Waals surface area contributed by atoms with E-state index in [-0.39, 0.29) is 5.91 Å². The molecule has 0 bridgehead atoms. The third kappa shape index (κ3) is 5.01. The minimum Gasteiger partial charge on any atom is -0.379 e. The number of rotatable bonds is 7. The predicted molar refractivity (Wildman–Crippen MR) is 124 cm³/mol. The Balaban J connectivity index is 1.58.